The van der Waals surface area contributed by atoms with Gasteiger partial charge in [-0.1, -0.05) is 36.0 Å². The van der Waals surface area contributed by atoms with Gasteiger partial charge in [0.2, 0.25) is 5.91 Å². The van der Waals surface area contributed by atoms with Crippen molar-refractivity contribution < 1.29 is 19.8 Å². The minimum atomic E-state index is -1.28. The van der Waals surface area contributed by atoms with E-state index in [0.717, 1.165) is 22.9 Å². The van der Waals surface area contributed by atoms with Crippen molar-refractivity contribution in [1.82, 2.24) is 5.32 Å². The van der Waals surface area contributed by atoms with Crippen molar-refractivity contribution in [2.45, 2.75) is 31.1 Å². The number of benzene rings is 1. The molecule has 122 valence electrons. The first kappa shape index (κ1) is 17.2. The van der Waals surface area contributed by atoms with Crippen molar-refractivity contribution >= 4 is 35.0 Å². The summed E-state index contributed by atoms with van der Waals surface area (Å²) in [7, 11) is 0. The van der Waals surface area contributed by atoms with Crippen molar-refractivity contribution in [2.24, 2.45) is 10.2 Å². The molecule has 0 radical (unpaired) electrons. The van der Waals surface area contributed by atoms with E-state index in [4.69, 9.17) is 0 Å². The Kier molecular flexibility index (Phi) is 5.17. The molecule has 1 saturated heterocycles. The highest BCUT2D eigenvalue weighted by atomic mass is 32.2. The van der Waals surface area contributed by atoms with Gasteiger partial charge in [-0.2, -0.15) is 5.10 Å². The van der Waals surface area contributed by atoms with Gasteiger partial charge in [0.15, 0.2) is 5.17 Å². The minimum absolute atomic E-state index is 0.255. The molecule has 1 aromatic rings. The molecular weight excluding hydrogens is 318 g/mol. The van der Waals surface area contributed by atoms with Gasteiger partial charge in [-0.25, -0.2) is 0 Å². The lowest BCUT2D eigenvalue weighted by atomic mass is 9.98. The monoisotopic (exact) mass is 334 g/mol. The molecule has 23 heavy (non-hydrogen) atoms. The quantitative estimate of drug-likeness (QED) is 0.580. The van der Waals surface area contributed by atoms with Crippen molar-refractivity contribution in [1.29, 1.82) is 0 Å². The van der Waals surface area contributed by atoms with Gasteiger partial charge in [-0.15, -0.1) is 5.10 Å². The molecule has 2 rings (SSSR count). The number of carbonyl (C=O) groups excluding carboxylic acids is 2. The molecule has 1 fully saturated rings. The molecule has 1 atom stereocenters. The number of thioether (sulfide) groups is 1. The number of nitrogens with zero attached hydrogens (tertiary/aromatic N) is 2. The van der Waals surface area contributed by atoms with Gasteiger partial charge in [-0.3, -0.25) is 4.79 Å². The summed E-state index contributed by atoms with van der Waals surface area (Å²) < 4.78 is 0. The maximum absolute atomic E-state index is 11.5. The van der Waals surface area contributed by atoms with Crippen LogP contribution in [-0.2, 0) is 15.2 Å². The molecule has 1 heterocycles. The van der Waals surface area contributed by atoms with Crippen molar-refractivity contribution in [3.63, 3.8) is 0 Å². The minimum Gasteiger partial charge on any atom is -0.550 e. The first-order valence-corrected chi connectivity index (χ1v) is 7.75. The van der Waals surface area contributed by atoms with Gasteiger partial charge in [0.05, 0.1) is 17.1 Å². The second-order valence-electron chi connectivity index (χ2n) is 5.50. The summed E-state index contributed by atoms with van der Waals surface area (Å²) in [6.45, 7) is 3.40. The summed E-state index contributed by atoms with van der Waals surface area (Å²) in [5, 5.41) is 30.1. The average molecular weight is 334 g/mol. The van der Waals surface area contributed by atoms with E-state index in [0.29, 0.717) is 0 Å². The van der Waals surface area contributed by atoms with Crippen LogP contribution in [0.15, 0.2) is 34.5 Å². The molecular formula is C15H16N3O4S-. The first-order valence-electron chi connectivity index (χ1n) is 6.87. The molecule has 7 nitrogen and oxygen atoms in total. The van der Waals surface area contributed by atoms with Crippen LogP contribution >= 0.6 is 11.8 Å². The highest BCUT2D eigenvalue weighted by molar-refractivity contribution is 8.15. The molecule has 0 spiro atoms. The Bertz CT molecular complexity index is 662. The average Bonchev–Trinajstić information content (AvgIpc) is 2.78. The SMILES string of the molecule is CC(C)(O)c1ccc(/C=N/N=C2\NC(=O)C(CC(=O)[O-])S2)cc1. The van der Waals surface area contributed by atoms with E-state index in [1.807, 2.05) is 0 Å². The normalized spacial score (nSPS) is 20.2. The van der Waals surface area contributed by atoms with Crippen LogP contribution in [0.3, 0.4) is 0 Å². The smallest absolute Gasteiger partial charge is 0.239 e. The fourth-order valence-electron chi connectivity index (χ4n) is 1.86. The maximum Gasteiger partial charge on any atom is 0.239 e. The molecule has 0 saturated carbocycles. The van der Waals surface area contributed by atoms with Gasteiger partial charge in [0.25, 0.3) is 0 Å². The van der Waals surface area contributed by atoms with Gasteiger partial charge in [-0.05, 0) is 25.0 Å². The Morgan fingerprint density at radius 2 is 2.09 bits per heavy atom. The number of amides is 1. The Morgan fingerprint density at radius 3 is 2.65 bits per heavy atom. The number of aliphatic carboxylic acids is 1. The number of carbonyl (C=O) groups is 2. The number of hydrogen-bond acceptors (Lipinski definition) is 7. The van der Waals surface area contributed by atoms with Gasteiger partial charge >= 0.3 is 0 Å². The molecule has 1 unspecified atom stereocenters. The maximum atomic E-state index is 11.5. The Morgan fingerprint density at radius 1 is 1.43 bits per heavy atom. The number of carboxylic acids is 1. The van der Waals surface area contributed by atoms with E-state index in [1.165, 1.54) is 6.21 Å². The number of hydrogen-bond donors (Lipinski definition) is 2. The van der Waals surface area contributed by atoms with Crippen LogP contribution in [0, 0.1) is 0 Å². The topological polar surface area (TPSA) is 114 Å². The highest BCUT2D eigenvalue weighted by Crippen LogP contribution is 2.22. The second-order valence-corrected chi connectivity index (χ2v) is 6.69. The fraction of sp³-hybridized carbons (Fsp3) is 0.333. The van der Waals surface area contributed by atoms with E-state index in [2.05, 4.69) is 15.5 Å². The van der Waals surface area contributed by atoms with Gasteiger partial charge in [0, 0.05) is 12.4 Å². The van der Waals surface area contributed by atoms with Gasteiger partial charge in [0.1, 0.15) is 0 Å². The van der Waals surface area contributed by atoms with E-state index >= 15 is 0 Å². The van der Waals surface area contributed by atoms with Crippen LogP contribution in [0.1, 0.15) is 31.4 Å². The Labute approximate surface area is 137 Å². The lowest BCUT2D eigenvalue weighted by Crippen LogP contribution is -2.31. The third-order valence-electron chi connectivity index (χ3n) is 3.10. The summed E-state index contributed by atoms with van der Waals surface area (Å²) in [5.74, 6) is -1.70. The summed E-state index contributed by atoms with van der Waals surface area (Å²) >= 11 is 1.01. The molecule has 8 heteroatoms. The summed E-state index contributed by atoms with van der Waals surface area (Å²) in [5.41, 5.74) is 0.655. The number of aliphatic hydroxyl groups is 1. The standard InChI is InChI=1S/C15H17N3O4S/c1-15(2,22)10-5-3-9(4-6-10)8-16-18-14-17-13(21)11(23-14)7-12(19)20/h3-6,8,11,22H,7H2,1-2H3,(H,19,20)(H,17,18,21)/p-1/b16-8+. The summed E-state index contributed by atoms with van der Waals surface area (Å²) in [4.78, 5) is 22.0. The predicted molar refractivity (Wildman–Crippen MR) is 85.9 cm³/mol. The first-order chi connectivity index (χ1) is 10.8. The predicted octanol–water partition coefficient (Wildman–Crippen LogP) is -0.0245. The third kappa shape index (κ3) is 4.90. The molecule has 1 amide bonds. The van der Waals surface area contributed by atoms with Crippen LogP contribution in [0.5, 0.6) is 0 Å². The van der Waals surface area contributed by atoms with Crippen LogP contribution in [0.4, 0.5) is 0 Å². The lowest BCUT2D eigenvalue weighted by Gasteiger charge is -2.17. The number of nitrogens with one attached hydrogen (secondary N) is 1. The number of amidine groups is 1. The van der Waals surface area contributed by atoms with Crippen molar-refractivity contribution in [3.05, 3.63) is 35.4 Å². The van der Waals surface area contributed by atoms with Gasteiger partial charge < -0.3 is 20.3 Å². The van der Waals surface area contributed by atoms with Crippen LogP contribution < -0.4 is 10.4 Å². The summed E-state index contributed by atoms with van der Waals surface area (Å²) in [6, 6.07) is 7.15. The fourth-order valence-corrected chi connectivity index (χ4v) is 2.77. The summed E-state index contributed by atoms with van der Waals surface area (Å²) in [6.07, 6.45) is 1.14. The van der Waals surface area contributed by atoms with Crippen LogP contribution in [-0.4, -0.2) is 33.6 Å². The molecule has 0 bridgehead atoms. The molecule has 1 aliphatic rings. The molecule has 0 aliphatic carbocycles. The lowest BCUT2D eigenvalue weighted by molar-refractivity contribution is -0.305. The molecule has 2 N–H and O–H groups in total. The van der Waals surface area contributed by atoms with E-state index in [9.17, 15) is 19.8 Å². The number of rotatable bonds is 5. The Balaban J connectivity index is 1.99. The number of carboxylic acid groups (broad SMARTS) is 1. The largest absolute Gasteiger partial charge is 0.550 e. The van der Waals surface area contributed by atoms with E-state index in [1.54, 1.807) is 38.1 Å². The molecule has 1 aromatic carbocycles. The highest BCUT2D eigenvalue weighted by Gasteiger charge is 2.30. The van der Waals surface area contributed by atoms with Crippen LogP contribution in [0.25, 0.3) is 0 Å². The zero-order valence-corrected chi connectivity index (χ0v) is 13.5. The van der Waals surface area contributed by atoms with Crippen molar-refractivity contribution in [3.8, 4) is 0 Å². The van der Waals surface area contributed by atoms with Crippen molar-refractivity contribution in [2.75, 3.05) is 0 Å². The second kappa shape index (κ2) is 6.93. The molecule has 0 aromatic heterocycles. The van der Waals surface area contributed by atoms with Crippen LogP contribution in [0.2, 0.25) is 0 Å². The third-order valence-corrected chi connectivity index (χ3v) is 4.17. The zero-order valence-electron chi connectivity index (χ0n) is 12.6. The van der Waals surface area contributed by atoms with E-state index in [-0.39, 0.29) is 11.6 Å². The zero-order chi connectivity index (χ0) is 17.0. The van der Waals surface area contributed by atoms with E-state index < -0.39 is 22.7 Å². The Hall–Kier alpha value is -2.19. The molecule has 1 aliphatic heterocycles.